The average Bonchev–Trinajstić information content (AvgIpc) is 2.77. The van der Waals surface area contributed by atoms with E-state index >= 15 is 0 Å². The summed E-state index contributed by atoms with van der Waals surface area (Å²) < 4.78 is 30.1. The van der Waals surface area contributed by atoms with Crippen molar-refractivity contribution in [3.63, 3.8) is 0 Å². The van der Waals surface area contributed by atoms with E-state index in [-0.39, 0.29) is 5.75 Å². The third kappa shape index (κ3) is 4.78. The van der Waals surface area contributed by atoms with Gasteiger partial charge in [-0.3, -0.25) is 0 Å². The first-order chi connectivity index (χ1) is 7.67. The number of rotatable bonds is 8. The maximum Gasteiger partial charge on any atom is 0.214 e. The van der Waals surface area contributed by atoms with Crippen molar-refractivity contribution in [1.82, 2.24) is 9.62 Å². The van der Waals surface area contributed by atoms with Gasteiger partial charge in [-0.05, 0) is 25.8 Å². The quantitative estimate of drug-likeness (QED) is 0.618. The lowest BCUT2D eigenvalue weighted by Gasteiger charge is -2.15. The van der Waals surface area contributed by atoms with Gasteiger partial charge in [0, 0.05) is 26.7 Å². The minimum Gasteiger partial charge on any atom is -0.383 e. The maximum absolute atomic E-state index is 11.8. The van der Waals surface area contributed by atoms with Gasteiger partial charge in [0.15, 0.2) is 0 Å². The van der Waals surface area contributed by atoms with Crippen molar-refractivity contribution >= 4 is 10.0 Å². The number of sulfonamides is 1. The van der Waals surface area contributed by atoms with Gasteiger partial charge in [0.2, 0.25) is 10.0 Å². The SMILES string of the molecule is COCCNCCCS(=O)(=O)N1CCCC1. The summed E-state index contributed by atoms with van der Waals surface area (Å²) in [6.45, 7) is 3.59. The molecule has 0 radical (unpaired) electrons. The molecule has 6 heteroatoms. The number of ether oxygens (including phenoxy) is 1. The molecular weight excluding hydrogens is 228 g/mol. The van der Waals surface area contributed by atoms with E-state index in [2.05, 4.69) is 5.32 Å². The summed E-state index contributed by atoms with van der Waals surface area (Å²) in [5.74, 6) is 0.257. The summed E-state index contributed by atoms with van der Waals surface area (Å²) in [6.07, 6.45) is 2.68. The number of nitrogens with zero attached hydrogens (tertiary/aromatic N) is 1. The van der Waals surface area contributed by atoms with E-state index in [1.165, 1.54) is 0 Å². The van der Waals surface area contributed by atoms with Crippen LogP contribution in [0.2, 0.25) is 0 Å². The Bertz CT molecular complexity index is 274. The molecule has 96 valence electrons. The summed E-state index contributed by atoms with van der Waals surface area (Å²) in [4.78, 5) is 0. The summed E-state index contributed by atoms with van der Waals surface area (Å²) in [7, 11) is -1.34. The smallest absolute Gasteiger partial charge is 0.214 e. The predicted octanol–water partition coefficient (Wildman–Crippen LogP) is 0.0381. The lowest BCUT2D eigenvalue weighted by molar-refractivity contribution is 0.199. The first kappa shape index (κ1) is 13.9. The molecule has 1 heterocycles. The molecule has 0 aromatic carbocycles. The molecule has 0 unspecified atom stereocenters. The molecule has 0 spiro atoms. The fourth-order valence-electron chi connectivity index (χ4n) is 1.77. The Morgan fingerprint density at radius 1 is 1.25 bits per heavy atom. The molecule has 1 aliphatic heterocycles. The van der Waals surface area contributed by atoms with Gasteiger partial charge in [-0.15, -0.1) is 0 Å². The van der Waals surface area contributed by atoms with E-state index in [1.54, 1.807) is 11.4 Å². The van der Waals surface area contributed by atoms with E-state index in [0.29, 0.717) is 26.1 Å². The zero-order valence-electron chi connectivity index (χ0n) is 9.94. The summed E-state index contributed by atoms with van der Waals surface area (Å²) in [5, 5.41) is 3.14. The largest absolute Gasteiger partial charge is 0.383 e. The second-order valence-corrected chi connectivity index (χ2v) is 6.11. The Morgan fingerprint density at radius 3 is 2.56 bits per heavy atom. The number of methoxy groups -OCH3 is 1. The minimum atomic E-state index is -2.99. The van der Waals surface area contributed by atoms with Crippen molar-refractivity contribution in [3.8, 4) is 0 Å². The fourth-order valence-corrected chi connectivity index (χ4v) is 3.36. The zero-order chi connectivity index (χ0) is 11.9. The zero-order valence-corrected chi connectivity index (χ0v) is 10.8. The van der Waals surface area contributed by atoms with E-state index < -0.39 is 10.0 Å². The monoisotopic (exact) mass is 250 g/mol. The molecule has 1 N–H and O–H groups in total. The first-order valence-electron chi connectivity index (χ1n) is 5.84. The summed E-state index contributed by atoms with van der Waals surface area (Å²) in [5.41, 5.74) is 0. The van der Waals surface area contributed by atoms with Crippen molar-refractivity contribution in [3.05, 3.63) is 0 Å². The molecule has 1 fully saturated rings. The fraction of sp³-hybridized carbons (Fsp3) is 1.00. The number of hydrogen-bond donors (Lipinski definition) is 1. The highest BCUT2D eigenvalue weighted by atomic mass is 32.2. The standard InChI is InChI=1S/C10H22N2O3S/c1-15-9-6-11-5-4-10-16(13,14)12-7-2-3-8-12/h11H,2-10H2,1H3. The van der Waals surface area contributed by atoms with Gasteiger partial charge in [-0.2, -0.15) is 0 Å². The Labute approximate surface area is 98.2 Å². The molecule has 0 saturated carbocycles. The highest BCUT2D eigenvalue weighted by molar-refractivity contribution is 7.89. The molecule has 16 heavy (non-hydrogen) atoms. The lowest BCUT2D eigenvalue weighted by Crippen LogP contribution is -2.31. The van der Waals surface area contributed by atoms with Gasteiger partial charge >= 0.3 is 0 Å². The van der Waals surface area contributed by atoms with Crippen LogP contribution in [0.4, 0.5) is 0 Å². The van der Waals surface area contributed by atoms with Crippen LogP contribution in [0.1, 0.15) is 19.3 Å². The summed E-state index contributed by atoms with van der Waals surface area (Å²) in [6, 6.07) is 0. The predicted molar refractivity (Wildman–Crippen MR) is 64.0 cm³/mol. The number of hydrogen-bond acceptors (Lipinski definition) is 4. The Kier molecular flexibility index (Phi) is 6.26. The molecule has 0 bridgehead atoms. The van der Waals surface area contributed by atoms with Gasteiger partial charge in [-0.1, -0.05) is 0 Å². The van der Waals surface area contributed by atoms with Gasteiger partial charge in [0.25, 0.3) is 0 Å². The minimum absolute atomic E-state index is 0.257. The number of nitrogens with one attached hydrogen (secondary N) is 1. The van der Waals surface area contributed by atoms with Crippen molar-refractivity contribution in [2.45, 2.75) is 19.3 Å². The van der Waals surface area contributed by atoms with E-state index in [1.807, 2.05) is 0 Å². The maximum atomic E-state index is 11.8. The van der Waals surface area contributed by atoms with E-state index in [0.717, 1.165) is 25.9 Å². The molecule has 0 aliphatic carbocycles. The van der Waals surface area contributed by atoms with Crippen LogP contribution in [-0.2, 0) is 14.8 Å². The van der Waals surface area contributed by atoms with Crippen molar-refractivity contribution in [2.75, 3.05) is 45.6 Å². The molecule has 5 nitrogen and oxygen atoms in total. The lowest BCUT2D eigenvalue weighted by atomic mass is 10.4. The molecule has 0 amide bonds. The van der Waals surface area contributed by atoms with Crippen LogP contribution in [0.3, 0.4) is 0 Å². The normalized spacial score (nSPS) is 18.1. The molecule has 0 aromatic rings. The second kappa shape index (κ2) is 7.21. The third-order valence-electron chi connectivity index (χ3n) is 2.70. The van der Waals surface area contributed by atoms with Crippen LogP contribution >= 0.6 is 0 Å². The van der Waals surface area contributed by atoms with Gasteiger partial charge < -0.3 is 10.1 Å². The van der Waals surface area contributed by atoms with Gasteiger partial charge in [-0.25, -0.2) is 12.7 Å². The van der Waals surface area contributed by atoms with Crippen molar-refractivity contribution in [1.29, 1.82) is 0 Å². The van der Waals surface area contributed by atoms with Crippen LogP contribution in [-0.4, -0.2) is 58.4 Å². The first-order valence-corrected chi connectivity index (χ1v) is 7.45. The molecular formula is C10H22N2O3S. The van der Waals surface area contributed by atoms with Gasteiger partial charge in [0.1, 0.15) is 0 Å². The highest BCUT2D eigenvalue weighted by Gasteiger charge is 2.24. The molecule has 1 aliphatic rings. The Balaban J connectivity index is 2.11. The van der Waals surface area contributed by atoms with Crippen LogP contribution < -0.4 is 5.32 Å². The van der Waals surface area contributed by atoms with Crippen LogP contribution in [0.25, 0.3) is 0 Å². The molecule has 1 rings (SSSR count). The van der Waals surface area contributed by atoms with Crippen molar-refractivity contribution in [2.24, 2.45) is 0 Å². The van der Waals surface area contributed by atoms with E-state index in [9.17, 15) is 8.42 Å². The highest BCUT2D eigenvalue weighted by Crippen LogP contribution is 2.13. The second-order valence-electron chi connectivity index (χ2n) is 4.02. The molecule has 0 aromatic heterocycles. The van der Waals surface area contributed by atoms with Gasteiger partial charge in [0.05, 0.1) is 12.4 Å². The Morgan fingerprint density at radius 2 is 1.94 bits per heavy atom. The summed E-state index contributed by atoms with van der Waals surface area (Å²) >= 11 is 0. The molecule has 0 atom stereocenters. The van der Waals surface area contributed by atoms with Crippen molar-refractivity contribution < 1.29 is 13.2 Å². The van der Waals surface area contributed by atoms with Crippen LogP contribution in [0, 0.1) is 0 Å². The van der Waals surface area contributed by atoms with E-state index in [4.69, 9.17) is 4.74 Å². The van der Waals surface area contributed by atoms with Crippen LogP contribution in [0.5, 0.6) is 0 Å². The molecule has 1 saturated heterocycles. The Hall–Kier alpha value is -0.170. The topological polar surface area (TPSA) is 58.6 Å². The average molecular weight is 250 g/mol. The van der Waals surface area contributed by atoms with Crippen LogP contribution in [0.15, 0.2) is 0 Å². The third-order valence-corrected chi connectivity index (χ3v) is 4.65.